The van der Waals surface area contributed by atoms with Crippen LogP contribution in [0.4, 0.5) is 5.69 Å². The molecule has 1 aliphatic heterocycles. The van der Waals surface area contributed by atoms with Gasteiger partial charge >= 0.3 is 0 Å². The van der Waals surface area contributed by atoms with E-state index in [4.69, 9.17) is 0 Å². The molecule has 0 saturated carbocycles. The van der Waals surface area contributed by atoms with Crippen molar-refractivity contribution in [2.45, 2.75) is 58.7 Å². The minimum absolute atomic E-state index is 0.00993. The van der Waals surface area contributed by atoms with Gasteiger partial charge in [0.05, 0.1) is 12.3 Å². The second-order valence-corrected chi connectivity index (χ2v) is 7.58. The lowest BCUT2D eigenvalue weighted by Gasteiger charge is -2.25. The molecule has 0 fully saturated rings. The predicted molar refractivity (Wildman–Crippen MR) is 111 cm³/mol. The summed E-state index contributed by atoms with van der Waals surface area (Å²) in [7, 11) is 2.06. The van der Waals surface area contributed by atoms with Gasteiger partial charge in [0.1, 0.15) is 0 Å². The minimum atomic E-state index is -0.527. The molecule has 6 heteroatoms. The summed E-state index contributed by atoms with van der Waals surface area (Å²) >= 11 is 0. The molecule has 1 unspecified atom stereocenters. The van der Waals surface area contributed by atoms with Crippen LogP contribution in [0.15, 0.2) is 30.6 Å². The van der Waals surface area contributed by atoms with Crippen LogP contribution in [0.5, 0.6) is 0 Å². The molecule has 1 atom stereocenters. The van der Waals surface area contributed by atoms with Gasteiger partial charge in [0.2, 0.25) is 0 Å². The SMILES string of the molecule is CCN(Cc1cnn(CC)c1)C(=O)c1ccc2c(c1)C(O)CCCCCN2C. The van der Waals surface area contributed by atoms with Crippen LogP contribution in [0.3, 0.4) is 0 Å². The number of aliphatic hydroxyl groups excluding tert-OH is 1. The van der Waals surface area contributed by atoms with E-state index in [0.717, 1.165) is 55.6 Å². The van der Waals surface area contributed by atoms with Crippen molar-refractivity contribution in [3.05, 3.63) is 47.3 Å². The van der Waals surface area contributed by atoms with Crippen LogP contribution in [0, 0.1) is 0 Å². The summed E-state index contributed by atoms with van der Waals surface area (Å²) in [5, 5.41) is 15.0. The summed E-state index contributed by atoms with van der Waals surface area (Å²) in [5.74, 6) is -0.00993. The number of hydrogen-bond donors (Lipinski definition) is 1. The third-order valence-electron chi connectivity index (χ3n) is 5.57. The van der Waals surface area contributed by atoms with Gasteiger partial charge in [0.25, 0.3) is 5.91 Å². The number of anilines is 1. The van der Waals surface area contributed by atoms with E-state index in [-0.39, 0.29) is 5.91 Å². The number of aliphatic hydroxyl groups is 1. The van der Waals surface area contributed by atoms with Gasteiger partial charge in [-0.15, -0.1) is 0 Å². The lowest BCUT2D eigenvalue weighted by Crippen LogP contribution is -2.30. The molecule has 0 saturated heterocycles. The van der Waals surface area contributed by atoms with Crippen molar-refractivity contribution in [1.82, 2.24) is 14.7 Å². The predicted octanol–water partition coefficient (Wildman–Crippen LogP) is 3.61. The van der Waals surface area contributed by atoms with Crippen molar-refractivity contribution >= 4 is 11.6 Å². The van der Waals surface area contributed by atoms with Crippen LogP contribution >= 0.6 is 0 Å². The Bertz CT molecular complexity index is 802. The molecule has 1 aromatic carbocycles. The highest BCUT2D eigenvalue weighted by atomic mass is 16.3. The fourth-order valence-corrected chi connectivity index (χ4v) is 3.83. The lowest BCUT2D eigenvalue weighted by atomic mass is 9.99. The Kier molecular flexibility index (Phi) is 6.73. The smallest absolute Gasteiger partial charge is 0.254 e. The second kappa shape index (κ2) is 9.24. The highest BCUT2D eigenvalue weighted by Crippen LogP contribution is 2.32. The Balaban J connectivity index is 1.85. The van der Waals surface area contributed by atoms with Crippen molar-refractivity contribution in [1.29, 1.82) is 0 Å². The van der Waals surface area contributed by atoms with E-state index in [2.05, 4.69) is 17.0 Å². The van der Waals surface area contributed by atoms with Gasteiger partial charge in [-0.25, -0.2) is 0 Å². The molecule has 0 radical (unpaired) electrons. The van der Waals surface area contributed by atoms with Crippen LogP contribution in [-0.2, 0) is 13.1 Å². The number of carbonyl (C=O) groups excluding carboxylic acids is 1. The van der Waals surface area contributed by atoms with Crippen molar-refractivity contribution in [3.63, 3.8) is 0 Å². The summed E-state index contributed by atoms with van der Waals surface area (Å²) < 4.78 is 1.87. The number of benzene rings is 1. The quantitative estimate of drug-likeness (QED) is 0.855. The number of aryl methyl sites for hydroxylation is 1. The molecular formula is C22H32N4O2. The third kappa shape index (κ3) is 4.55. The molecule has 28 heavy (non-hydrogen) atoms. The largest absolute Gasteiger partial charge is 0.388 e. The Labute approximate surface area is 167 Å². The highest BCUT2D eigenvalue weighted by molar-refractivity contribution is 5.95. The molecule has 6 nitrogen and oxygen atoms in total. The summed E-state index contributed by atoms with van der Waals surface area (Å²) in [6.45, 7) is 6.97. The monoisotopic (exact) mass is 384 g/mol. The van der Waals surface area contributed by atoms with Crippen LogP contribution in [-0.4, -0.2) is 45.8 Å². The molecule has 1 N–H and O–H groups in total. The Hall–Kier alpha value is -2.34. The van der Waals surface area contributed by atoms with Gasteiger partial charge in [0, 0.05) is 61.8 Å². The molecule has 1 amide bonds. The van der Waals surface area contributed by atoms with Gasteiger partial charge < -0.3 is 14.9 Å². The molecule has 1 aliphatic rings. The maximum Gasteiger partial charge on any atom is 0.254 e. The van der Waals surface area contributed by atoms with Gasteiger partial charge in [-0.3, -0.25) is 9.48 Å². The zero-order chi connectivity index (χ0) is 20.1. The van der Waals surface area contributed by atoms with E-state index in [1.165, 1.54) is 0 Å². The van der Waals surface area contributed by atoms with Crippen molar-refractivity contribution in [3.8, 4) is 0 Å². The number of fused-ring (bicyclic) bond motifs is 1. The van der Waals surface area contributed by atoms with Crippen LogP contribution < -0.4 is 4.90 Å². The van der Waals surface area contributed by atoms with Crippen molar-refractivity contribution in [2.75, 3.05) is 25.0 Å². The Morgan fingerprint density at radius 3 is 2.82 bits per heavy atom. The first-order valence-electron chi connectivity index (χ1n) is 10.4. The van der Waals surface area contributed by atoms with Crippen LogP contribution in [0.2, 0.25) is 0 Å². The van der Waals surface area contributed by atoms with Crippen molar-refractivity contribution < 1.29 is 9.90 Å². The zero-order valence-corrected chi connectivity index (χ0v) is 17.3. The highest BCUT2D eigenvalue weighted by Gasteiger charge is 2.21. The number of amides is 1. The Morgan fingerprint density at radius 2 is 2.11 bits per heavy atom. The third-order valence-corrected chi connectivity index (χ3v) is 5.57. The first kappa shape index (κ1) is 20.4. The van der Waals surface area contributed by atoms with E-state index in [1.807, 2.05) is 54.0 Å². The van der Waals surface area contributed by atoms with E-state index in [9.17, 15) is 9.90 Å². The molecule has 0 bridgehead atoms. The van der Waals surface area contributed by atoms with Gasteiger partial charge in [-0.1, -0.05) is 12.8 Å². The average molecular weight is 385 g/mol. The second-order valence-electron chi connectivity index (χ2n) is 7.58. The summed E-state index contributed by atoms with van der Waals surface area (Å²) in [4.78, 5) is 17.2. The standard InChI is InChI=1S/C22H32N4O2/c1-4-25(15-17-14-23-26(5-2)16-17)22(28)18-10-11-20-19(13-18)21(27)9-7-6-8-12-24(20)3/h10-11,13-14,16,21,27H,4-9,12,15H2,1-3H3. The molecule has 2 aromatic rings. The summed E-state index contributed by atoms with van der Waals surface area (Å²) in [5.41, 5.74) is 3.55. The topological polar surface area (TPSA) is 61.6 Å². The first-order valence-corrected chi connectivity index (χ1v) is 10.4. The van der Waals surface area contributed by atoms with E-state index in [1.54, 1.807) is 0 Å². The van der Waals surface area contributed by atoms with Crippen LogP contribution in [0.1, 0.15) is 67.1 Å². The average Bonchev–Trinajstić information content (AvgIpc) is 3.19. The maximum absolute atomic E-state index is 13.2. The fraction of sp³-hybridized carbons (Fsp3) is 0.545. The summed E-state index contributed by atoms with van der Waals surface area (Å²) in [6.07, 6.45) is 7.28. The van der Waals surface area contributed by atoms with Crippen molar-refractivity contribution in [2.24, 2.45) is 0 Å². The number of nitrogens with zero attached hydrogens (tertiary/aromatic N) is 4. The normalized spacial score (nSPS) is 17.4. The minimum Gasteiger partial charge on any atom is -0.388 e. The molecule has 0 aliphatic carbocycles. The number of rotatable bonds is 5. The molecule has 3 rings (SSSR count). The number of hydrogen-bond acceptors (Lipinski definition) is 4. The Morgan fingerprint density at radius 1 is 1.29 bits per heavy atom. The van der Waals surface area contributed by atoms with E-state index < -0.39 is 6.10 Å². The zero-order valence-electron chi connectivity index (χ0n) is 17.3. The number of aromatic nitrogens is 2. The molecule has 1 aromatic heterocycles. The van der Waals surface area contributed by atoms with Gasteiger partial charge in [0.15, 0.2) is 0 Å². The number of carbonyl (C=O) groups is 1. The van der Waals surface area contributed by atoms with E-state index in [0.29, 0.717) is 18.7 Å². The lowest BCUT2D eigenvalue weighted by molar-refractivity contribution is 0.0752. The molecule has 152 valence electrons. The molecule has 0 spiro atoms. The molecule has 2 heterocycles. The van der Waals surface area contributed by atoms with E-state index >= 15 is 0 Å². The first-order chi connectivity index (χ1) is 13.5. The maximum atomic E-state index is 13.2. The fourth-order valence-electron chi connectivity index (χ4n) is 3.83. The summed E-state index contributed by atoms with van der Waals surface area (Å²) in [6, 6.07) is 5.77. The van der Waals surface area contributed by atoms with Gasteiger partial charge in [-0.05, 0) is 44.9 Å². The van der Waals surface area contributed by atoms with Crippen LogP contribution in [0.25, 0.3) is 0 Å². The van der Waals surface area contributed by atoms with Gasteiger partial charge in [-0.2, -0.15) is 5.10 Å². The molecular weight excluding hydrogens is 352 g/mol.